The van der Waals surface area contributed by atoms with Crippen LogP contribution in [0.1, 0.15) is 36.0 Å². The molecule has 0 unspecified atom stereocenters. The maximum absolute atomic E-state index is 13.0. The zero-order valence-electron chi connectivity index (χ0n) is 10.1. The Morgan fingerprint density at radius 2 is 1.63 bits per heavy atom. The number of hydrogen-bond donors (Lipinski definition) is 2. The van der Waals surface area contributed by atoms with Crippen LogP contribution in [-0.2, 0) is 0 Å². The SMILES string of the molecule is O=C(NC1CCC(O)CC1)c1cc(F)c(F)c(F)c1. The third-order valence-electron chi connectivity index (χ3n) is 3.28. The molecule has 0 aliphatic heterocycles. The van der Waals surface area contributed by atoms with Crippen LogP contribution >= 0.6 is 0 Å². The zero-order chi connectivity index (χ0) is 14.0. The molecule has 0 spiro atoms. The molecule has 1 fully saturated rings. The van der Waals surface area contributed by atoms with E-state index in [0.717, 1.165) is 0 Å². The standard InChI is InChI=1S/C13H14F3NO2/c14-10-5-7(6-11(15)12(10)16)13(19)17-8-1-3-9(18)4-2-8/h5-6,8-9,18H,1-4H2,(H,17,19). The van der Waals surface area contributed by atoms with Crippen molar-refractivity contribution in [3.8, 4) is 0 Å². The number of nitrogens with one attached hydrogen (secondary N) is 1. The van der Waals surface area contributed by atoms with Crippen molar-refractivity contribution in [3.63, 3.8) is 0 Å². The van der Waals surface area contributed by atoms with Crippen LogP contribution < -0.4 is 5.32 Å². The number of aliphatic hydroxyl groups is 1. The summed E-state index contributed by atoms with van der Waals surface area (Å²) in [5.74, 6) is -5.00. The Hall–Kier alpha value is -1.56. The second-order valence-corrected chi connectivity index (χ2v) is 4.73. The molecule has 0 radical (unpaired) electrons. The molecule has 1 amide bonds. The van der Waals surface area contributed by atoms with Gasteiger partial charge in [0, 0.05) is 11.6 Å². The quantitative estimate of drug-likeness (QED) is 0.811. The summed E-state index contributed by atoms with van der Waals surface area (Å²) in [4.78, 5) is 11.8. The van der Waals surface area contributed by atoms with Crippen LogP contribution in [0.25, 0.3) is 0 Å². The number of halogens is 3. The minimum atomic E-state index is -1.59. The van der Waals surface area contributed by atoms with Crippen molar-refractivity contribution in [2.75, 3.05) is 0 Å². The summed E-state index contributed by atoms with van der Waals surface area (Å²) in [5, 5.41) is 12.0. The van der Waals surface area contributed by atoms with E-state index in [9.17, 15) is 23.1 Å². The van der Waals surface area contributed by atoms with Gasteiger partial charge in [-0.3, -0.25) is 4.79 Å². The summed E-state index contributed by atoms with van der Waals surface area (Å²) in [5.41, 5.74) is -0.248. The van der Waals surface area contributed by atoms with Gasteiger partial charge in [0.15, 0.2) is 17.5 Å². The number of amides is 1. The minimum absolute atomic E-state index is 0.132. The molecule has 0 bridgehead atoms. The lowest BCUT2D eigenvalue weighted by atomic mass is 9.93. The fourth-order valence-electron chi connectivity index (χ4n) is 2.18. The van der Waals surface area contributed by atoms with Gasteiger partial charge in [-0.1, -0.05) is 0 Å². The number of carbonyl (C=O) groups excluding carboxylic acids is 1. The number of rotatable bonds is 2. The molecule has 3 nitrogen and oxygen atoms in total. The number of aliphatic hydroxyl groups excluding tert-OH is 1. The Kier molecular flexibility index (Phi) is 4.09. The first-order chi connectivity index (χ1) is 8.97. The van der Waals surface area contributed by atoms with E-state index in [-0.39, 0.29) is 17.7 Å². The van der Waals surface area contributed by atoms with Crippen LogP contribution in [0.4, 0.5) is 13.2 Å². The smallest absolute Gasteiger partial charge is 0.251 e. The fraction of sp³-hybridized carbons (Fsp3) is 0.462. The summed E-state index contributed by atoms with van der Waals surface area (Å²) in [6, 6.07) is 1.21. The molecule has 1 aliphatic carbocycles. The predicted molar refractivity (Wildman–Crippen MR) is 62.0 cm³/mol. The second-order valence-electron chi connectivity index (χ2n) is 4.73. The van der Waals surface area contributed by atoms with Gasteiger partial charge in [-0.25, -0.2) is 13.2 Å². The van der Waals surface area contributed by atoms with Gasteiger partial charge in [0.1, 0.15) is 0 Å². The van der Waals surface area contributed by atoms with Crippen molar-refractivity contribution in [2.24, 2.45) is 0 Å². The van der Waals surface area contributed by atoms with Gasteiger partial charge in [0.2, 0.25) is 0 Å². The molecule has 0 saturated heterocycles. The third-order valence-corrected chi connectivity index (χ3v) is 3.28. The molecule has 1 aromatic rings. The first-order valence-corrected chi connectivity index (χ1v) is 6.11. The minimum Gasteiger partial charge on any atom is -0.393 e. The molecule has 0 aromatic heterocycles. The largest absolute Gasteiger partial charge is 0.393 e. The highest BCUT2D eigenvalue weighted by Crippen LogP contribution is 2.19. The molecule has 2 N–H and O–H groups in total. The van der Waals surface area contributed by atoms with E-state index in [1.54, 1.807) is 0 Å². The molecule has 104 valence electrons. The number of benzene rings is 1. The molecule has 0 heterocycles. The van der Waals surface area contributed by atoms with Gasteiger partial charge in [-0.05, 0) is 37.8 Å². The van der Waals surface area contributed by atoms with Gasteiger partial charge in [0.25, 0.3) is 5.91 Å². The van der Waals surface area contributed by atoms with Gasteiger partial charge in [-0.2, -0.15) is 0 Å². The molecule has 0 atom stereocenters. The zero-order valence-corrected chi connectivity index (χ0v) is 10.1. The van der Waals surface area contributed by atoms with Gasteiger partial charge in [0.05, 0.1) is 6.10 Å². The number of hydrogen-bond acceptors (Lipinski definition) is 2. The van der Waals surface area contributed by atoms with Crippen LogP contribution in [0.3, 0.4) is 0 Å². The average Bonchev–Trinajstić information content (AvgIpc) is 2.38. The van der Waals surface area contributed by atoms with Crippen molar-refractivity contribution in [1.29, 1.82) is 0 Å². The van der Waals surface area contributed by atoms with E-state index in [1.807, 2.05) is 0 Å². The summed E-state index contributed by atoms with van der Waals surface area (Å²) in [7, 11) is 0. The Morgan fingerprint density at radius 3 is 2.16 bits per heavy atom. The fourth-order valence-corrected chi connectivity index (χ4v) is 2.18. The van der Waals surface area contributed by atoms with E-state index in [1.165, 1.54) is 0 Å². The lowest BCUT2D eigenvalue weighted by Crippen LogP contribution is -2.38. The average molecular weight is 273 g/mol. The van der Waals surface area contributed by atoms with E-state index in [4.69, 9.17) is 0 Å². The van der Waals surface area contributed by atoms with Crippen LogP contribution in [-0.4, -0.2) is 23.2 Å². The first kappa shape index (κ1) is 13.9. The van der Waals surface area contributed by atoms with E-state index in [2.05, 4.69) is 5.32 Å². The Morgan fingerprint density at radius 1 is 1.11 bits per heavy atom. The highest BCUT2D eigenvalue weighted by molar-refractivity contribution is 5.94. The van der Waals surface area contributed by atoms with E-state index < -0.39 is 23.4 Å². The van der Waals surface area contributed by atoms with Gasteiger partial charge in [-0.15, -0.1) is 0 Å². The molecule has 19 heavy (non-hydrogen) atoms. The van der Waals surface area contributed by atoms with Crippen molar-refractivity contribution < 1.29 is 23.1 Å². The van der Waals surface area contributed by atoms with Crippen LogP contribution in [0.15, 0.2) is 12.1 Å². The number of carbonyl (C=O) groups is 1. The molecule has 2 rings (SSSR count). The van der Waals surface area contributed by atoms with Crippen molar-refractivity contribution in [3.05, 3.63) is 35.1 Å². The maximum atomic E-state index is 13.0. The van der Waals surface area contributed by atoms with Crippen LogP contribution in [0.2, 0.25) is 0 Å². The van der Waals surface area contributed by atoms with Crippen molar-refractivity contribution in [1.82, 2.24) is 5.32 Å². The topological polar surface area (TPSA) is 49.3 Å². The normalized spacial score (nSPS) is 23.2. The molecule has 1 aliphatic rings. The highest BCUT2D eigenvalue weighted by Gasteiger charge is 2.22. The molecule has 1 saturated carbocycles. The predicted octanol–water partition coefficient (Wildman–Crippen LogP) is 2.14. The second kappa shape index (κ2) is 5.61. The van der Waals surface area contributed by atoms with Gasteiger partial charge < -0.3 is 10.4 Å². The van der Waals surface area contributed by atoms with Crippen LogP contribution in [0.5, 0.6) is 0 Å². The van der Waals surface area contributed by atoms with E-state index in [0.29, 0.717) is 37.8 Å². The monoisotopic (exact) mass is 273 g/mol. The summed E-state index contributed by atoms with van der Waals surface area (Å²) in [6.45, 7) is 0. The van der Waals surface area contributed by atoms with Crippen molar-refractivity contribution >= 4 is 5.91 Å². The lowest BCUT2D eigenvalue weighted by Gasteiger charge is -2.26. The maximum Gasteiger partial charge on any atom is 0.251 e. The molecular weight excluding hydrogens is 259 g/mol. The Labute approximate surface area is 108 Å². The Balaban J connectivity index is 2.04. The van der Waals surface area contributed by atoms with Crippen molar-refractivity contribution in [2.45, 2.75) is 37.8 Å². The first-order valence-electron chi connectivity index (χ1n) is 6.11. The highest BCUT2D eigenvalue weighted by atomic mass is 19.2. The third kappa shape index (κ3) is 3.26. The van der Waals surface area contributed by atoms with Crippen LogP contribution in [0, 0.1) is 17.5 Å². The van der Waals surface area contributed by atoms with E-state index >= 15 is 0 Å². The molecule has 1 aromatic carbocycles. The summed E-state index contributed by atoms with van der Waals surface area (Å²) >= 11 is 0. The lowest BCUT2D eigenvalue weighted by molar-refractivity contribution is 0.0866. The summed E-state index contributed by atoms with van der Waals surface area (Å²) < 4.78 is 38.8. The summed E-state index contributed by atoms with van der Waals surface area (Å²) in [6.07, 6.45) is 2.03. The molecular formula is C13H14F3NO2. The Bertz CT molecular complexity index is 462. The van der Waals surface area contributed by atoms with Gasteiger partial charge >= 0.3 is 0 Å². The molecule has 6 heteroatoms.